The molecule has 1 aromatic heterocycles. The topological polar surface area (TPSA) is 64.4 Å². The van der Waals surface area contributed by atoms with Crippen molar-refractivity contribution in [3.63, 3.8) is 0 Å². The van der Waals surface area contributed by atoms with Crippen LogP contribution in [0.25, 0.3) is 11.1 Å². The first-order valence-electron chi connectivity index (χ1n) is 9.02. The Labute approximate surface area is 163 Å². The Kier molecular flexibility index (Phi) is 4.81. The number of carbonyl (C=O) groups excluding carboxylic acids is 1. The van der Waals surface area contributed by atoms with Gasteiger partial charge in [-0.1, -0.05) is 42.5 Å². The van der Waals surface area contributed by atoms with E-state index in [1.807, 2.05) is 61.5 Å². The van der Waals surface area contributed by atoms with Gasteiger partial charge in [0.1, 0.15) is 11.3 Å². The van der Waals surface area contributed by atoms with E-state index in [-0.39, 0.29) is 5.91 Å². The lowest BCUT2D eigenvalue weighted by Gasteiger charge is -2.11. The first-order chi connectivity index (χ1) is 13.6. The van der Waals surface area contributed by atoms with Crippen molar-refractivity contribution in [2.45, 2.75) is 13.3 Å². The van der Waals surface area contributed by atoms with Crippen LogP contribution in [-0.2, 0) is 6.42 Å². The molecule has 0 aliphatic heterocycles. The van der Waals surface area contributed by atoms with E-state index in [1.54, 1.807) is 19.2 Å². The molecule has 0 fully saturated rings. The van der Waals surface area contributed by atoms with E-state index in [2.05, 4.69) is 10.3 Å². The van der Waals surface area contributed by atoms with Crippen LogP contribution in [0.2, 0.25) is 0 Å². The Morgan fingerprint density at radius 1 is 1.07 bits per heavy atom. The van der Waals surface area contributed by atoms with E-state index in [0.29, 0.717) is 40.4 Å². The number of hydrogen-bond donors (Lipinski definition) is 1. The van der Waals surface area contributed by atoms with Crippen LogP contribution in [0.5, 0.6) is 5.75 Å². The lowest BCUT2D eigenvalue weighted by Crippen LogP contribution is -2.13. The molecule has 0 radical (unpaired) electrons. The van der Waals surface area contributed by atoms with Crippen molar-refractivity contribution in [1.29, 1.82) is 0 Å². The zero-order valence-corrected chi connectivity index (χ0v) is 15.7. The van der Waals surface area contributed by atoms with Gasteiger partial charge in [-0.15, -0.1) is 0 Å². The van der Waals surface area contributed by atoms with Crippen LogP contribution in [0, 0.1) is 6.92 Å². The third-order valence-corrected chi connectivity index (χ3v) is 4.55. The van der Waals surface area contributed by atoms with Gasteiger partial charge in [0.15, 0.2) is 11.5 Å². The van der Waals surface area contributed by atoms with E-state index >= 15 is 0 Å². The fraction of sp³-hybridized carbons (Fsp3) is 0.130. The molecule has 0 aliphatic carbocycles. The predicted molar refractivity (Wildman–Crippen MR) is 109 cm³/mol. The van der Waals surface area contributed by atoms with E-state index in [4.69, 9.17) is 9.15 Å². The number of benzene rings is 3. The van der Waals surface area contributed by atoms with Gasteiger partial charge < -0.3 is 14.5 Å². The van der Waals surface area contributed by atoms with Crippen LogP contribution in [0.3, 0.4) is 0 Å². The highest BCUT2D eigenvalue weighted by atomic mass is 16.5. The Hall–Kier alpha value is -3.60. The number of nitrogens with one attached hydrogen (secondary N) is 1. The lowest BCUT2D eigenvalue weighted by molar-refractivity contribution is 0.102. The second kappa shape index (κ2) is 7.56. The third kappa shape index (κ3) is 3.60. The zero-order valence-electron chi connectivity index (χ0n) is 15.7. The monoisotopic (exact) mass is 372 g/mol. The highest BCUT2D eigenvalue weighted by Gasteiger charge is 2.15. The fourth-order valence-corrected chi connectivity index (χ4v) is 3.20. The molecule has 0 saturated carbocycles. The summed E-state index contributed by atoms with van der Waals surface area (Å²) in [5, 5.41) is 2.91. The third-order valence-electron chi connectivity index (χ3n) is 4.55. The number of amides is 1. The molecule has 5 heteroatoms. The van der Waals surface area contributed by atoms with Gasteiger partial charge in [0.25, 0.3) is 5.91 Å². The summed E-state index contributed by atoms with van der Waals surface area (Å²) in [5.41, 5.74) is 4.59. The minimum atomic E-state index is -0.229. The first kappa shape index (κ1) is 17.8. The van der Waals surface area contributed by atoms with Crippen LogP contribution in [-0.4, -0.2) is 18.0 Å². The molecule has 0 bridgehead atoms. The molecule has 28 heavy (non-hydrogen) atoms. The molecule has 0 unspecified atom stereocenters. The Morgan fingerprint density at radius 2 is 1.89 bits per heavy atom. The summed E-state index contributed by atoms with van der Waals surface area (Å²) in [6.45, 7) is 1.91. The van der Waals surface area contributed by atoms with Gasteiger partial charge in [-0.05, 0) is 42.3 Å². The van der Waals surface area contributed by atoms with Gasteiger partial charge in [0, 0.05) is 12.1 Å². The van der Waals surface area contributed by atoms with Gasteiger partial charge in [0.05, 0.1) is 12.7 Å². The number of rotatable bonds is 5. The maximum absolute atomic E-state index is 12.7. The van der Waals surface area contributed by atoms with Crippen molar-refractivity contribution >= 4 is 22.7 Å². The summed E-state index contributed by atoms with van der Waals surface area (Å²) < 4.78 is 11.2. The lowest BCUT2D eigenvalue weighted by atomic mass is 10.1. The minimum Gasteiger partial charge on any atom is -0.496 e. The summed E-state index contributed by atoms with van der Waals surface area (Å²) >= 11 is 0. The number of carbonyl (C=O) groups is 1. The maximum atomic E-state index is 12.7. The van der Waals surface area contributed by atoms with Crippen molar-refractivity contribution < 1.29 is 13.9 Å². The summed E-state index contributed by atoms with van der Waals surface area (Å²) in [7, 11) is 1.56. The fourth-order valence-electron chi connectivity index (χ4n) is 3.20. The standard InChI is InChI=1S/C23H20N2O3/c1-15-7-6-10-18(22(15)27-2)23(26)24-17-11-12-20-19(14-17)25-21(28-20)13-16-8-4-3-5-9-16/h3-12,14H,13H2,1-2H3,(H,24,26). The highest BCUT2D eigenvalue weighted by Crippen LogP contribution is 2.25. The number of hydrogen-bond acceptors (Lipinski definition) is 4. The second-order valence-corrected chi connectivity index (χ2v) is 6.56. The normalized spacial score (nSPS) is 10.8. The maximum Gasteiger partial charge on any atom is 0.259 e. The molecule has 5 nitrogen and oxygen atoms in total. The second-order valence-electron chi connectivity index (χ2n) is 6.56. The predicted octanol–water partition coefficient (Wildman–Crippen LogP) is 4.99. The summed E-state index contributed by atoms with van der Waals surface area (Å²) in [5.74, 6) is 0.991. The van der Waals surface area contributed by atoms with Gasteiger partial charge in [-0.25, -0.2) is 4.98 Å². The van der Waals surface area contributed by atoms with Crippen molar-refractivity contribution in [2.24, 2.45) is 0 Å². The molecule has 4 aromatic rings. The van der Waals surface area contributed by atoms with Crippen LogP contribution < -0.4 is 10.1 Å². The number of fused-ring (bicyclic) bond motifs is 1. The van der Waals surface area contributed by atoms with Crippen LogP contribution in [0.15, 0.2) is 71.1 Å². The zero-order chi connectivity index (χ0) is 19.5. The summed E-state index contributed by atoms with van der Waals surface area (Å²) in [4.78, 5) is 17.2. The number of aryl methyl sites for hydroxylation is 1. The molecule has 1 N–H and O–H groups in total. The molecule has 0 atom stereocenters. The number of ether oxygens (including phenoxy) is 1. The molecule has 4 rings (SSSR count). The quantitative estimate of drug-likeness (QED) is 0.536. The molecule has 1 heterocycles. The molecular formula is C23H20N2O3. The molecular weight excluding hydrogens is 352 g/mol. The number of anilines is 1. The Morgan fingerprint density at radius 3 is 2.68 bits per heavy atom. The van der Waals surface area contributed by atoms with Crippen molar-refractivity contribution in [1.82, 2.24) is 4.98 Å². The molecule has 3 aromatic carbocycles. The number of methoxy groups -OCH3 is 1. The van der Waals surface area contributed by atoms with E-state index < -0.39 is 0 Å². The molecule has 0 aliphatic rings. The number of aromatic nitrogens is 1. The van der Waals surface area contributed by atoms with E-state index in [0.717, 1.165) is 11.1 Å². The van der Waals surface area contributed by atoms with Gasteiger partial charge in [-0.2, -0.15) is 0 Å². The first-order valence-corrected chi connectivity index (χ1v) is 9.02. The van der Waals surface area contributed by atoms with Crippen molar-refractivity contribution in [3.8, 4) is 5.75 Å². The van der Waals surface area contributed by atoms with Crippen LogP contribution in [0.1, 0.15) is 27.4 Å². The number of nitrogens with zero attached hydrogens (tertiary/aromatic N) is 1. The summed E-state index contributed by atoms with van der Waals surface area (Å²) in [6.07, 6.45) is 0.623. The smallest absolute Gasteiger partial charge is 0.259 e. The van der Waals surface area contributed by atoms with E-state index in [9.17, 15) is 4.79 Å². The molecule has 140 valence electrons. The molecule has 0 spiro atoms. The average Bonchev–Trinajstić information content (AvgIpc) is 3.10. The van der Waals surface area contributed by atoms with Crippen LogP contribution >= 0.6 is 0 Å². The molecule has 1 amide bonds. The number of para-hydroxylation sites is 1. The van der Waals surface area contributed by atoms with Crippen LogP contribution in [0.4, 0.5) is 5.69 Å². The average molecular weight is 372 g/mol. The summed E-state index contributed by atoms with van der Waals surface area (Å²) in [6, 6.07) is 21.0. The van der Waals surface area contributed by atoms with Gasteiger partial charge in [-0.3, -0.25) is 4.79 Å². The number of oxazole rings is 1. The SMILES string of the molecule is COc1c(C)cccc1C(=O)Nc1ccc2oc(Cc3ccccc3)nc2c1. The minimum absolute atomic E-state index is 0.229. The van der Waals surface area contributed by atoms with Gasteiger partial charge >= 0.3 is 0 Å². The highest BCUT2D eigenvalue weighted by molar-refractivity contribution is 6.07. The Bertz CT molecular complexity index is 1130. The Balaban J connectivity index is 1.56. The van der Waals surface area contributed by atoms with Crippen molar-refractivity contribution in [2.75, 3.05) is 12.4 Å². The van der Waals surface area contributed by atoms with E-state index in [1.165, 1.54) is 0 Å². The van der Waals surface area contributed by atoms with Gasteiger partial charge in [0.2, 0.25) is 0 Å². The molecule has 0 saturated heterocycles. The van der Waals surface area contributed by atoms with Crippen molar-refractivity contribution in [3.05, 3.63) is 89.3 Å². The largest absolute Gasteiger partial charge is 0.496 e.